The van der Waals surface area contributed by atoms with Crippen molar-refractivity contribution in [2.45, 2.75) is 32.0 Å². The normalized spacial score (nSPS) is 17.7. The summed E-state index contributed by atoms with van der Waals surface area (Å²) in [5.74, 6) is 0.421. The van der Waals surface area contributed by atoms with E-state index in [2.05, 4.69) is 21.4 Å². The topological polar surface area (TPSA) is 118 Å². The molecule has 10 heteroatoms. The average Bonchev–Trinajstić information content (AvgIpc) is 3.37. The molecule has 1 amide bonds. The maximum absolute atomic E-state index is 12.6. The molecule has 3 aromatic rings. The summed E-state index contributed by atoms with van der Waals surface area (Å²) >= 11 is 6.17. The van der Waals surface area contributed by atoms with Crippen LogP contribution in [0.2, 0.25) is 5.02 Å². The lowest BCUT2D eigenvalue weighted by molar-refractivity contribution is -0.384. The van der Waals surface area contributed by atoms with E-state index in [1.54, 1.807) is 19.1 Å². The number of hydrogen-bond acceptors (Lipinski definition) is 7. The third kappa shape index (κ3) is 6.21. The van der Waals surface area contributed by atoms with Crippen LogP contribution in [-0.2, 0) is 11.4 Å². The van der Waals surface area contributed by atoms with Crippen molar-refractivity contribution in [3.05, 3.63) is 105 Å². The van der Waals surface area contributed by atoms with E-state index in [-0.39, 0.29) is 17.6 Å². The van der Waals surface area contributed by atoms with Gasteiger partial charge in [-0.25, -0.2) is 16.3 Å². The molecule has 1 aliphatic heterocycles. The van der Waals surface area contributed by atoms with Gasteiger partial charge in [-0.1, -0.05) is 54.1 Å². The van der Waals surface area contributed by atoms with Gasteiger partial charge in [0, 0.05) is 34.3 Å². The van der Waals surface area contributed by atoms with E-state index in [0.717, 1.165) is 16.9 Å². The Kier molecular flexibility index (Phi) is 7.71. The Balaban J connectivity index is 1.30. The first kappa shape index (κ1) is 24.3. The van der Waals surface area contributed by atoms with Crippen molar-refractivity contribution in [1.82, 2.24) is 16.3 Å². The van der Waals surface area contributed by atoms with Gasteiger partial charge in [0.25, 0.3) is 11.6 Å². The van der Waals surface area contributed by atoms with E-state index in [1.165, 1.54) is 12.1 Å². The second kappa shape index (κ2) is 11.1. The van der Waals surface area contributed by atoms with Crippen LogP contribution >= 0.6 is 11.6 Å². The number of nitro benzene ring substituents is 1. The monoisotopic (exact) mass is 493 g/mol. The summed E-state index contributed by atoms with van der Waals surface area (Å²) in [4.78, 5) is 23.1. The molecule has 35 heavy (non-hydrogen) atoms. The molecule has 4 rings (SSSR count). The summed E-state index contributed by atoms with van der Waals surface area (Å²) in [5, 5.41) is 15.7. The Hall–Kier alpha value is -3.79. The highest BCUT2D eigenvalue weighted by Crippen LogP contribution is 2.25. The zero-order chi connectivity index (χ0) is 24.8. The maximum Gasteiger partial charge on any atom is 0.270 e. The maximum atomic E-state index is 12.6. The summed E-state index contributed by atoms with van der Waals surface area (Å²) in [6, 6.07) is 20.8. The Morgan fingerprint density at radius 1 is 1.14 bits per heavy atom. The fourth-order valence-electron chi connectivity index (χ4n) is 3.65. The number of nitro groups is 1. The van der Waals surface area contributed by atoms with Crippen LogP contribution in [-0.4, -0.2) is 22.6 Å². The zero-order valence-electron chi connectivity index (χ0n) is 18.9. The number of halogens is 1. The van der Waals surface area contributed by atoms with Crippen LogP contribution in [0.5, 0.6) is 5.75 Å². The summed E-state index contributed by atoms with van der Waals surface area (Å²) in [7, 11) is 0. The number of hydrazone groups is 1. The van der Waals surface area contributed by atoms with Gasteiger partial charge in [0.05, 0.1) is 10.6 Å². The molecule has 0 aliphatic carbocycles. The van der Waals surface area contributed by atoms with Gasteiger partial charge in [0.2, 0.25) is 0 Å². The second-order valence-corrected chi connectivity index (χ2v) is 8.47. The number of benzene rings is 3. The molecular weight excluding hydrogens is 470 g/mol. The predicted octanol–water partition coefficient (Wildman–Crippen LogP) is 4.28. The number of nitrogens with one attached hydrogen (secondary N) is 3. The van der Waals surface area contributed by atoms with E-state index in [0.29, 0.717) is 29.3 Å². The SMILES string of the molecule is C/C(=N/NC(=O)C1CC(c2ccc(OCc3ccccc3Cl)cc2)NN1)c1cccc([N+](=O)[O-])c1. The van der Waals surface area contributed by atoms with Crippen LogP contribution in [0.3, 0.4) is 0 Å². The lowest BCUT2D eigenvalue weighted by atomic mass is 10.0. The fraction of sp³-hybridized carbons (Fsp3) is 0.200. The molecule has 0 radical (unpaired) electrons. The average molecular weight is 494 g/mol. The number of rotatable bonds is 8. The highest BCUT2D eigenvalue weighted by Gasteiger charge is 2.30. The third-order valence-electron chi connectivity index (χ3n) is 5.66. The zero-order valence-corrected chi connectivity index (χ0v) is 19.7. The molecule has 2 unspecified atom stereocenters. The summed E-state index contributed by atoms with van der Waals surface area (Å²) in [5.41, 5.74) is 11.6. The van der Waals surface area contributed by atoms with Crippen LogP contribution in [0.25, 0.3) is 0 Å². The molecular formula is C25H24ClN5O4. The number of nitrogens with zero attached hydrogens (tertiary/aromatic N) is 2. The number of hydrazine groups is 1. The summed E-state index contributed by atoms with van der Waals surface area (Å²) in [6.07, 6.45) is 0.525. The number of carbonyl (C=O) groups is 1. The largest absolute Gasteiger partial charge is 0.489 e. The first-order chi connectivity index (χ1) is 16.9. The van der Waals surface area contributed by atoms with Crippen molar-refractivity contribution in [3.63, 3.8) is 0 Å². The van der Waals surface area contributed by atoms with E-state index in [1.807, 2.05) is 48.5 Å². The van der Waals surface area contributed by atoms with Gasteiger partial charge in [-0.2, -0.15) is 5.10 Å². The van der Waals surface area contributed by atoms with Crippen LogP contribution in [0, 0.1) is 10.1 Å². The van der Waals surface area contributed by atoms with E-state index >= 15 is 0 Å². The lowest BCUT2D eigenvalue weighted by Gasteiger charge is -2.12. The van der Waals surface area contributed by atoms with Crippen LogP contribution in [0.1, 0.15) is 36.1 Å². The van der Waals surface area contributed by atoms with E-state index in [4.69, 9.17) is 16.3 Å². The van der Waals surface area contributed by atoms with Crippen molar-refractivity contribution < 1.29 is 14.5 Å². The van der Waals surface area contributed by atoms with Crippen molar-refractivity contribution >= 4 is 28.9 Å². The Bertz CT molecular complexity index is 1250. The second-order valence-electron chi connectivity index (χ2n) is 8.06. The van der Waals surface area contributed by atoms with Crippen molar-refractivity contribution in [2.75, 3.05) is 0 Å². The number of ether oxygens (including phenoxy) is 1. The Labute approximate surface area is 207 Å². The smallest absolute Gasteiger partial charge is 0.270 e. The number of carbonyl (C=O) groups excluding carboxylic acids is 1. The molecule has 2 atom stereocenters. The van der Waals surface area contributed by atoms with Crippen molar-refractivity contribution in [1.29, 1.82) is 0 Å². The highest BCUT2D eigenvalue weighted by molar-refractivity contribution is 6.31. The van der Waals surface area contributed by atoms with Gasteiger partial charge in [-0.05, 0) is 37.1 Å². The van der Waals surface area contributed by atoms with Gasteiger partial charge in [0.15, 0.2) is 0 Å². The van der Waals surface area contributed by atoms with E-state index < -0.39 is 11.0 Å². The molecule has 1 fully saturated rings. The van der Waals surface area contributed by atoms with Gasteiger partial charge in [0.1, 0.15) is 18.4 Å². The molecule has 1 saturated heterocycles. The fourth-order valence-corrected chi connectivity index (χ4v) is 3.84. The molecule has 0 aromatic heterocycles. The van der Waals surface area contributed by atoms with Crippen LogP contribution in [0.4, 0.5) is 5.69 Å². The summed E-state index contributed by atoms with van der Waals surface area (Å²) < 4.78 is 5.82. The van der Waals surface area contributed by atoms with Crippen molar-refractivity contribution in [3.8, 4) is 5.75 Å². The van der Waals surface area contributed by atoms with Crippen LogP contribution < -0.4 is 21.0 Å². The van der Waals surface area contributed by atoms with Gasteiger partial charge < -0.3 is 4.74 Å². The Morgan fingerprint density at radius 3 is 2.66 bits per heavy atom. The minimum absolute atomic E-state index is 0.0341. The molecule has 1 aliphatic rings. The molecule has 1 heterocycles. The van der Waals surface area contributed by atoms with Crippen molar-refractivity contribution in [2.24, 2.45) is 5.10 Å². The first-order valence-corrected chi connectivity index (χ1v) is 11.3. The number of non-ortho nitro benzene ring substituents is 1. The molecule has 9 nitrogen and oxygen atoms in total. The molecule has 0 bridgehead atoms. The first-order valence-electron chi connectivity index (χ1n) is 11.0. The van der Waals surface area contributed by atoms with E-state index in [9.17, 15) is 14.9 Å². The van der Waals surface area contributed by atoms with Gasteiger partial charge >= 0.3 is 0 Å². The molecule has 3 N–H and O–H groups in total. The van der Waals surface area contributed by atoms with Gasteiger partial charge in [-0.15, -0.1) is 0 Å². The molecule has 180 valence electrons. The minimum Gasteiger partial charge on any atom is -0.489 e. The number of hydrogen-bond donors (Lipinski definition) is 3. The third-order valence-corrected chi connectivity index (χ3v) is 6.03. The molecule has 0 saturated carbocycles. The lowest BCUT2D eigenvalue weighted by Crippen LogP contribution is -2.41. The van der Waals surface area contributed by atoms with Gasteiger partial charge in [-0.3, -0.25) is 14.9 Å². The molecule has 0 spiro atoms. The minimum atomic E-state index is -0.488. The summed E-state index contributed by atoms with van der Waals surface area (Å²) in [6.45, 7) is 2.05. The predicted molar refractivity (Wildman–Crippen MR) is 133 cm³/mol. The Morgan fingerprint density at radius 2 is 1.91 bits per heavy atom. The highest BCUT2D eigenvalue weighted by atomic mass is 35.5. The van der Waals surface area contributed by atoms with Crippen LogP contribution in [0.15, 0.2) is 77.9 Å². The standard InChI is InChI=1S/C25H24ClN5O4/c1-16(18-6-4-7-20(13-18)31(33)34)27-30-25(32)24-14-23(28-29-24)17-9-11-21(12-10-17)35-15-19-5-2-3-8-22(19)26/h2-13,23-24,28-29H,14-15H2,1H3,(H,30,32)/b27-16-. The molecule has 3 aromatic carbocycles. The number of amides is 1. The quantitative estimate of drug-likeness (QED) is 0.245.